The SMILES string of the molecule is CCCCN(c1ccccc1)C(c1ccccc1)C(Cl)(Cl)Cl. The lowest BCUT2D eigenvalue weighted by atomic mass is 10.0. The van der Waals surface area contributed by atoms with Crippen molar-refractivity contribution in [3.63, 3.8) is 0 Å². The molecule has 0 aromatic heterocycles. The number of anilines is 1. The van der Waals surface area contributed by atoms with Crippen LogP contribution in [0.3, 0.4) is 0 Å². The molecule has 0 radical (unpaired) electrons. The summed E-state index contributed by atoms with van der Waals surface area (Å²) in [5, 5.41) is 0. The molecule has 2 rings (SSSR count). The Morgan fingerprint density at radius 3 is 1.95 bits per heavy atom. The summed E-state index contributed by atoms with van der Waals surface area (Å²) in [6.07, 6.45) is 2.13. The number of nitrogens with zero attached hydrogens (tertiary/aromatic N) is 1. The lowest BCUT2D eigenvalue weighted by Crippen LogP contribution is -2.37. The second kappa shape index (κ2) is 8.10. The van der Waals surface area contributed by atoms with Gasteiger partial charge in [0.15, 0.2) is 0 Å². The van der Waals surface area contributed by atoms with Crippen molar-refractivity contribution in [2.45, 2.75) is 29.6 Å². The van der Waals surface area contributed by atoms with Gasteiger partial charge >= 0.3 is 0 Å². The van der Waals surface area contributed by atoms with E-state index in [9.17, 15) is 0 Å². The molecule has 2 aromatic rings. The molecular formula is C18H20Cl3N. The first-order valence-electron chi connectivity index (χ1n) is 7.47. The zero-order valence-corrected chi connectivity index (χ0v) is 14.8. The minimum atomic E-state index is -1.41. The van der Waals surface area contributed by atoms with Crippen molar-refractivity contribution in [2.75, 3.05) is 11.4 Å². The van der Waals surface area contributed by atoms with Gasteiger partial charge in [0.1, 0.15) is 6.04 Å². The van der Waals surface area contributed by atoms with Crippen molar-refractivity contribution in [3.8, 4) is 0 Å². The Kier molecular flexibility index (Phi) is 6.43. The maximum atomic E-state index is 6.35. The Morgan fingerprint density at radius 2 is 1.45 bits per heavy atom. The van der Waals surface area contributed by atoms with E-state index in [0.29, 0.717) is 0 Å². The molecule has 118 valence electrons. The Bertz CT molecular complexity index is 552. The highest BCUT2D eigenvalue weighted by Gasteiger charge is 2.38. The third-order valence-electron chi connectivity index (χ3n) is 3.58. The smallest absolute Gasteiger partial charge is 0.214 e. The first-order chi connectivity index (χ1) is 10.5. The lowest BCUT2D eigenvalue weighted by Gasteiger charge is -2.38. The summed E-state index contributed by atoms with van der Waals surface area (Å²) < 4.78 is -1.41. The molecule has 4 heteroatoms. The first-order valence-corrected chi connectivity index (χ1v) is 8.60. The molecule has 0 saturated carbocycles. The van der Waals surface area contributed by atoms with Crippen LogP contribution in [0.25, 0.3) is 0 Å². The summed E-state index contributed by atoms with van der Waals surface area (Å²) in [7, 11) is 0. The third kappa shape index (κ3) is 4.55. The minimum absolute atomic E-state index is 0.326. The van der Waals surface area contributed by atoms with Crippen LogP contribution in [0.15, 0.2) is 60.7 Å². The van der Waals surface area contributed by atoms with Gasteiger partial charge < -0.3 is 4.90 Å². The predicted molar refractivity (Wildman–Crippen MR) is 98.2 cm³/mol. The highest BCUT2D eigenvalue weighted by Crippen LogP contribution is 2.45. The molecule has 0 heterocycles. The van der Waals surface area contributed by atoms with Crippen molar-refractivity contribution < 1.29 is 0 Å². The van der Waals surface area contributed by atoms with Crippen molar-refractivity contribution in [1.29, 1.82) is 0 Å². The van der Waals surface area contributed by atoms with Gasteiger partial charge in [-0.3, -0.25) is 0 Å². The molecule has 0 aliphatic rings. The van der Waals surface area contributed by atoms with Crippen LogP contribution in [0.2, 0.25) is 0 Å². The minimum Gasteiger partial charge on any atom is -0.360 e. The summed E-state index contributed by atoms with van der Waals surface area (Å²) in [4.78, 5) is 2.19. The van der Waals surface area contributed by atoms with Crippen LogP contribution < -0.4 is 4.90 Å². The molecule has 22 heavy (non-hydrogen) atoms. The Labute approximate surface area is 147 Å². The van der Waals surface area contributed by atoms with Crippen LogP contribution >= 0.6 is 34.8 Å². The van der Waals surface area contributed by atoms with Crippen LogP contribution in [-0.2, 0) is 0 Å². The summed E-state index contributed by atoms with van der Waals surface area (Å²) in [6, 6.07) is 19.7. The molecule has 1 nitrogen and oxygen atoms in total. The van der Waals surface area contributed by atoms with Gasteiger partial charge in [-0.05, 0) is 24.1 Å². The Morgan fingerprint density at radius 1 is 0.909 bits per heavy atom. The topological polar surface area (TPSA) is 3.24 Å². The van der Waals surface area contributed by atoms with E-state index in [0.717, 1.165) is 30.6 Å². The molecule has 0 aliphatic heterocycles. The lowest BCUT2D eigenvalue weighted by molar-refractivity contribution is 0.606. The summed E-state index contributed by atoms with van der Waals surface area (Å²) >= 11 is 19.0. The number of rotatable bonds is 6. The molecule has 0 spiro atoms. The Balaban J connectivity index is 2.44. The quantitative estimate of drug-likeness (QED) is 0.541. The molecule has 0 amide bonds. The van der Waals surface area contributed by atoms with Crippen molar-refractivity contribution >= 4 is 40.5 Å². The molecule has 0 bridgehead atoms. The van der Waals surface area contributed by atoms with Crippen LogP contribution in [0.5, 0.6) is 0 Å². The van der Waals surface area contributed by atoms with E-state index < -0.39 is 3.79 Å². The van der Waals surface area contributed by atoms with Gasteiger partial charge in [-0.2, -0.15) is 0 Å². The first kappa shape index (κ1) is 17.5. The maximum Gasteiger partial charge on any atom is 0.214 e. The van der Waals surface area contributed by atoms with Crippen LogP contribution in [0.1, 0.15) is 31.4 Å². The third-order valence-corrected chi connectivity index (χ3v) is 4.20. The van der Waals surface area contributed by atoms with E-state index in [-0.39, 0.29) is 6.04 Å². The van der Waals surface area contributed by atoms with Gasteiger partial charge in [-0.15, -0.1) is 0 Å². The van der Waals surface area contributed by atoms with E-state index in [1.165, 1.54) is 0 Å². The van der Waals surface area contributed by atoms with Crippen molar-refractivity contribution in [3.05, 3.63) is 66.2 Å². The molecule has 1 atom stereocenters. The largest absolute Gasteiger partial charge is 0.360 e. The summed E-state index contributed by atoms with van der Waals surface area (Å²) in [5.74, 6) is 0. The highest BCUT2D eigenvalue weighted by molar-refractivity contribution is 6.68. The van der Waals surface area contributed by atoms with Gasteiger partial charge in [0, 0.05) is 12.2 Å². The fraction of sp³-hybridized carbons (Fsp3) is 0.333. The van der Waals surface area contributed by atoms with Gasteiger partial charge in [-0.1, -0.05) is 96.7 Å². The summed E-state index contributed by atoms with van der Waals surface area (Å²) in [5.41, 5.74) is 2.07. The Hall–Kier alpha value is -0.890. The highest BCUT2D eigenvalue weighted by atomic mass is 35.6. The fourth-order valence-corrected chi connectivity index (χ4v) is 3.27. The number of para-hydroxylation sites is 1. The second-order valence-electron chi connectivity index (χ2n) is 5.24. The zero-order chi connectivity index (χ0) is 16.0. The molecule has 0 aliphatic carbocycles. The van der Waals surface area contributed by atoms with E-state index >= 15 is 0 Å². The van der Waals surface area contributed by atoms with E-state index in [2.05, 4.69) is 24.0 Å². The van der Waals surface area contributed by atoms with Crippen LogP contribution in [-0.4, -0.2) is 10.3 Å². The number of unbranched alkanes of at least 4 members (excludes halogenated alkanes) is 1. The standard InChI is InChI=1S/C18H20Cl3N/c1-2-3-14-22(16-12-8-5-9-13-16)17(18(19,20)21)15-10-6-4-7-11-15/h4-13,17H,2-3,14H2,1H3. The van der Waals surface area contributed by atoms with E-state index in [1.807, 2.05) is 48.5 Å². The normalized spacial score (nSPS) is 12.9. The second-order valence-corrected chi connectivity index (χ2v) is 7.61. The molecule has 0 N–H and O–H groups in total. The van der Waals surface area contributed by atoms with Gasteiger partial charge in [0.2, 0.25) is 3.79 Å². The molecule has 0 fully saturated rings. The van der Waals surface area contributed by atoms with Crippen molar-refractivity contribution in [1.82, 2.24) is 0 Å². The van der Waals surface area contributed by atoms with Crippen LogP contribution in [0, 0.1) is 0 Å². The fourth-order valence-electron chi connectivity index (χ4n) is 2.54. The van der Waals surface area contributed by atoms with Crippen molar-refractivity contribution in [2.24, 2.45) is 0 Å². The van der Waals surface area contributed by atoms with Gasteiger partial charge in [-0.25, -0.2) is 0 Å². The van der Waals surface area contributed by atoms with Crippen LogP contribution in [0.4, 0.5) is 5.69 Å². The molecule has 0 saturated heterocycles. The maximum absolute atomic E-state index is 6.35. The zero-order valence-electron chi connectivity index (χ0n) is 12.6. The molecule has 1 unspecified atom stereocenters. The van der Waals surface area contributed by atoms with E-state index in [1.54, 1.807) is 0 Å². The van der Waals surface area contributed by atoms with Gasteiger partial charge in [0.05, 0.1) is 0 Å². The monoisotopic (exact) mass is 355 g/mol. The van der Waals surface area contributed by atoms with Gasteiger partial charge in [0.25, 0.3) is 0 Å². The van der Waals surface area contributed by atoms with E-state index in [4.69, 9.17) is 34.8 Å². The average Bonchev–Trinajstić information content (AvgIpc) is 2.52. The number of alkyl halides is 3. The number of benzene rings is 2. The predicted octanol–water partition coefficient (Wildman–Crippen LogP) is 6.40. The number of hydrogen-bond acceptors (Lipinski definition) is 1. The average molecular weight is 357 g/mol. The molecular weight excluding hydrogens is 337 g/mol. The number of hydrogen-bond donors (Lipinski definition) is 0. The number of halogens is 3. The summed E-state index contributed by atoms with van der Waals surface area (Å²) in [6.45, 7) is 3.00. The molecule has 2 aromatic carbocycles.